The summed E-state index contributed by atoms with van der Waals surface area (Å²) in [5, 5.41) is 0. The Balaban J connectivity index is 1.88. The average molecular weight is 324 g/mol. The summed E-state index contributed by atoms with van der Waals surface area (Å²) in [5.74, 6) is 0.850. The summed E-state index contributed by atoms with van der Waals surface area (Å²) in [6, 6.07) is 6.18. The summed E-state index contributed by atoms with van der Waals surface area (Å²) in [5.41, 5.74) is 10.3. The Bertz CT molecular complexity index is 683. The number of carbonyl (C=O) groups is 1. The third-order valence-corrected chi connectivity index (χ3v) is 5.91. The Labute approximate surface area is 145 Å². The van der Waals surface area contributed by atoms with Crippen molar-refractivity contribution in [3.8, 4) is 0 Å². The summed E-state index contributed by atoms with van der Waals surface area (Å²) >= 11 is 0. The zero-order chi connectivity index (χ0) is 17.5. The first kappa shape index (κ1) is 17.0. The molecule has 1 aromatic rings. The summed E-state index contributed by atoms with van der Waals surface area (Å²) < 4.78 is 0. The molecule has 1 heterocycles. The topological polar surface area (TPSA) is 46.3 Å². The van der Waals surface area contributed by atoms with Crippen LogP contribution in [0, 0.1) is 12.8 Å². The number of benzene rings is 1. The second kappa shape index (κ2) is 6.21. The van der Waals surface area contributed by atoms with Crippen molar-refractivity contribution in [2.24, 2.45) is 11.7 Å². The highest BCUT2D eigenvalue weighted by molar-refractivity contribution is 5.90. The number of nitrogens with zero attached hydrogens (tertiary/aromatic N) is 1. The molecule has 0 bridgehead atoms. The highest BCUT2D eigenvalue weighted by Gasteiger charge is 2.41. The van der Waals surface area contributed by atoms with Crippen molar-refractivity contribution >= 4 is 11.5 Å². The third-order valence-electron chi connectivity index (χ3n) is 5.91. The molecule has 0 radical (unpaired) electrons. The van der Waals surface area contributed by atoms with Crippen LogP contribution in [0.1, 0.15) is 61.8 Å². The lowest BCUT2D eigenvalue weighted by Gasteiger charge is -2.36. The van der Waals surface area contributed by atoms with Gasteiger partial charge in [-0.25, -0.2) is 0 Å². The number of ketones is 1. The first-order chi connectivity index (χ1) is 11.4. The molecule has 1 unspecified atom stereocenters. The zero-order valence-electron chi connectivity index (χ0n) is 14.8. The summed E-state index contributed by atoms with van der Waals surface area (Å²) in [7, 11) is 0. The Kier molecular flexibility index (Phi) is 4.39. The van der Waals surface area contributed by atoms with E-state index >= 15 is 0 Å². The minimum absolute atomic E-state index is 0.0292. The first-order valence-corrected chi connectivity index (χ1v) is 8.89. The van der Waals surface area contributed by atoms with Crippen LogP contribution in [0.25, 0.3) is 5.70 Å². The van der Waals surface area contributed by atoms with Crippen molar-refractivity contribution < 1.29 is 4.79 Å². The zero-order valence-corrected chi connectivity index (χ0v) is 14.8. The second-order valence-corrected chi connectivity index (χ2v) is 7.55. The van der Waals surface area contributed by atoms with E-state index < -0.39 is 5.54 Å². The minimum Gasteiger partial charge on any atom is -0.341 e. The molecule has 0 amide bonds. The van der Waals surface area contributed by atoms with Gasteiger partial charge in [-0.15, -0.1) is 0 Å². The highest BCUT2D eigenvalue weighted by Crippen LogP contribution is 2.45. The number of rotatable bonds is 4. The number of nitrogens with two attached hydrogens (primary N) is 1. The predicted molar refractivity (Wildman–Crippen MR) is 99.2 cm³/mol. The van der Waals surface area contributed by atoms with Crippen LogP contribution in [-0.4, -0.2) is 16.2 Å². The molecule has 1 atom stereocenters. The van der Waals surface area contributed by atoms with Crippen molar-refractivity contribution in [1.82, 2.24) is 4.90 Å². The van der Waals surface area contributed by atoms with Gasteiger partial charge in [0, 0.05) is 17.7 Å². The maximum absolute atomic E-state index is 13.1. The van der Waals surface area contributed by atoms with E-state index in [-0.39, 0.29) is 11.8 Å². The van der Waals surface area contributed by atoms with E-state index in [2.05, 4.69) is 39.1 Å². The Hall–Kier alpha value is -1.87. The van der Waals surface area contributed by atoms with Crippen LogP contribution in [0.2, 0.25) is 0 Å². The van der Waals surface area contributed by atoms with Crippen molar-refractivity contribution in [3.05, 3.63) is 54.2 Å². The molecule has 2 N–H and O–H groups in total. The fourth-order valence-electron chi connectivity index (χ4n) is 4.21. The summed E-state index contributed by atoms with van der Waals surface area (Å²) in [6.07, 6.45) is 5.89. The largest absolute Gasteiger partial charge is 0.341 e. The van der Waals surface area contributed by atoms with Gasteiger partial charge in [-0.3, -0.25) is 4.79 Å². The Morgan fingerprint density at radius 1 is 1.42 bits per heavy atom. The van der Waals surface area contributed by atoms with E-state index in [4.69, 9.17) is 5.73 Å². The molecule has 1 saturated carbocycles. The van der Waals surface area contributed by atoms with Crippen LogP contribution in [0.5, 0.6) is 0 Å². The molecule has 24 heavy (non-hydrogen) atoms. The van der Waals surface area contributed by atoms with E-state index in [0.717, 1.165) is 36.9 Å². The van der Waals surface area contributed by atoms with Crippen LogP contribution in [0.4, 0.5) is 0 Å². The van der Waals surface area contributed by atoms with Crippen molar-refractivity contribution in [2.45, 2.75) is 57.5 Å². The molecular formula is C21H28N2O. The average Bonchev–Trinajstić information content (AvgIpc) is 2.83. The number of Topliss-reactive ketones (excluding diaryl/α,β-unsaturated/α-hetero) is 1. The Morgan fingerprint density at radius 2 is 2.08 bits per heavy atom. The van der Waals surface area contributed by atoms with Crippen LogP contribution >= 0.6 is 0 Å². The van der Waals surface area contributed by atoms with Gasteiger partial charge in [0.05, 0.1) is 11.6 Å². The third kappa shape index (κ3) is 2.71. The van der Waals surface area contributed by atoms with Gasteiger partial charge in [-0.2, -0.15) is 0 Å². The van der Waals surface area contributed by atoms with E-state index in [1.165, 1.54) is 11.1 Å². The maximum atomic E-state index is 13.1. The molecule has 0 spiro atoms. The molecule has 128 valence electrons. The fourth-order valence-corrected chi connectivity index (χ4v) is 4.21. The standard InChI is InChI=1S/C21H28N2O/c1-5-23-16(4)17-8-6-7-15(3)20(17)18(23)13-19(24)21(22)11-9-14(2)10-12-21/h5-8,14,18H,1,4,9-13,22H2,2-3H3. The van der Waals surface area contributed by atoms with E-state index in [9.17, 15) is 4.79 Å². The monoisotopic (exact) mass is 324 g/mol. The molecular weight excluding hydrogens is 296 g/mol. The quantitative estimate of drug-likeness (QED) is 0.896. The molecule has 0 aromatic heterocycles. The lowest BCUT2D eigenvalue weighted by molar-refractivity contribution is -0.126. The smallest absolute Gasteiger partial charge is 0.155 e. The van der Waals surface area contributed by atoms with Crippen molar-refractivity contribution in [1.29, 1.82) is 0 Å². The molecule has 3 rings (SSSR count). The minimum atomic E-state index is -0.661. The van der Waals surface area contributed by atoms with E-state index in [1.807, 2.05) is 11.0 Å². The van der Waals surface area contributed by atoms with Gasteiger partial charge in [0.25, 0.3) is 0 Å². The van der Waals surface area contributed by atoms with Gasteiger partial charge in [0.2, 0.25) is 0 Å². The van der Waals surface area contributed by atoms with Crippen LogP contribution < -0.4 is 5.73 Å². The maximum Gasteiger partial charge on any atom is 0.155 e. The molecule has 1 aliphatic carbocycles. The summed E-state index contributed by atoms with van der Waals surface area (Å²) in [6.45, 7) is 12.5. The van der Waals surface area contributed by atoms with Gasteiger partial charge < -0.3 is 10.6 Å². The van der Waals surface area contributed by atoms with E-state index in [0.29, 0.717) is 12.3 Å². The highest BCUT2D eigenvalue weighted by atomic mass is 16.1. The number of hydrogen-bond acceptors (Lipinski definition) is 3. The molecule has 0 saturated heterocycles. The lowest BCUT2D eigenvalue weighted by atomic mass is 9.74. The number of fused-ring (bicyclic) bond motifs is 1. The van der Waals surface area contributed by atoms with Crippen LogP contribution in [0.15, 0.2) is 37.6 Å². The number of aryl methyl sites for hydroxylation is 1. The molecule has 2 aliphatic rings. The summed E-state index contributed by atoms with van der Waals surface area (Å²) in [4.78, 5) is 15.1. The number of carbonyl (C=O) groups excluding carboxylic acids is 1. The van der Waals surface area contributed by atoms with Crippen LogP contribution in [-0.2, 0) is 4.79 Å². The van der Waals surface area contributed by atoms with Crippen molar-refractivity contribution in [2.75, 3.05) is 0 Å². The first-order valence-electron chi connectivity index (χ1n) is 8.89. The lowest BCUT2D eigenvalue weighted by Crippen LogP contribution is -2.51. The molecule has 1 fully saturated rings. The van der Waals surface area contributed by atoms with Gasteiger partial charge in [0.1, 0.15) is 0 Å². The van der Waals surface area contributed by atoms with Gasteiger partial charge >= 0.3 is 0 Å². The van der Waals surface area contributed by atoms with Crippen LogP contribution in [0.3, 0.4) is 0 Å². The van der Waals surface area contributed by atoms with E-state index in [1.54, 1.807) is 6.20 Å². The normalized spacial score (nSPS) is 29.5. The number of hydrogen-bond donors (Lipinski definition) is 1. The molecule has 3 nitrogen and oxygen atoms in total. The molecule has 1 aromatic carbocycles. The predicted octanol–water partition coefficient (Wildman–Crippen LogP) is 4.33. The molecule has 3 heteroatoms. The van der Waals surface area contributed by atoms with Crippen molar-refractivity contribution in [3.63, 3.8) is 0 Å². The second-order valence-electron chi connectivity index (χ2n) is 7.55. The molecule has 1 aliphatic heterocycles. The fraction of sp³-hybridized carbons (Fsp3) is 0.476. The SMILES string of the molecule is C=CN1C(=C)c2cccc(C)c2C1CC(=O)C1(N)CCC(C)CC1. The Morgan fingerprint density at radius 3 is 2.71 bits per heavy atom. The van der Waals surface area contributed by atoms with Gasteiger partial charge in [0.15, 0.2) is 5.78 Å². The van der Waals surface area contributed by atoms with Gasteiger partial charge in [-0.1, -0.05) is 38.3 Å². The van der Waals surface area contributed by atoms with Gasteiger partial charge in [-0.05, 0) is 55.9 Å².